The van der Waals surface area contributed by atoms with E-state index in [1.54, 1.807) is 0 Å². The predicted molar refractivity (Wildman–Crippen MR) is 93.5 cm³/mol. The summed E-state index contributed by atoms with van der Waals surface area (Å²) in [4.78, 5) is 64.3. The number of ether oxygens (including phenoxy) is 5. The van der Waals surface area contributed by atoms with Crippen molar-refractivity contribution >= 4 is 31.5 Å². The molecule has 1 rings (SSSR count). The Morgan fingerprint density at radius 2 is 1.24 bits per heavy atom. The molecule has 1 aliphatic rings. The third kappa shape index (κ3) is 8.90. The van der Waals surface area contributed by atoms with Crippen LogP contribution in [0.4, 0.5) is 0 Å². The van der Waals surface area contributed by atoms with E-state index in [4.69, 9.17) is 33.5 Å². The number of rotatable bonds is 8. The van der Waals surface area contributed by atoms with Crippen LogP contribution in [-0.2, 0) is 47.4 Å². The summed E-state index contributed by atoms with van der Waals surface area (Å²) < 4.78 is 37.4. The summed E-state index contributed by atoms with van der Waals surface area (Å²) >= 11 is 0. The largest absolute Gasteiger partial charge is 0.463 e. The second-order valence-electron chi connectivity index (χ2n) is 6.41. The molecule has 1 aliphatic heterocycles. The van der Waals surface area contributed by atoms with Crippen LogP contribution >= 0.6 is 7.60 Å². The van der Waals surface area contributed by atoms with Gasteiger partial charge in [0.15, 0.2) is 18.3 Å². The van der Waals surface area contributed by atoms with Gasteiger partial charge in [-0.05, 0) is 6.42 Å². The van der Waals surface area contributed by atoms with Gasteiger partial charge in [0.25, 0.3) is 0 Å². The van der Waals surface area contributed by atoms with Crippen LogP contribution in [0.25, 0.3) is 0 Å². The number of hydrogen-bond acceptors (Lipinski definition) is 10. The van der Waals surface area contributed by atoms with E-state index in [9.17, 15) is 23.7 Å². The first-order valence-corrected chi connectivity index (χ1v) is 10.4. The molecule has 0 amide bonds. The molecule has 13 heteroatoms. The highest BCUT2D eigenvalue weighted by Crippen LogP contribution is 2.38. The molecule has 0 aromatic heterocycles. The summed E-state index contributed by atoms with van der Waals surface area (Å²) in [5.74, 6) is -2.99. The lowest BCUT2D eigenvalue weighted by molar-refractivity contribution is -0.252. The van der Waals surface area contributed by atoms with Crippen molar-refractivity contribution in [1.82, 2.24) is 0 Å². The van der Waals surface area contributed by atoms with Gasteiger partial charge >= 0.3 is 31.5 Å². The topological polar surface area (TPSA) is 172 Å². The highest BCUT2D eigenvalue weighted by atomic mass is 31.2. The summed E-state index contributed by atoms with van der Waals surface area (Å²) in [6.45, 7) is 3.99. The Balaban J connectivity index is 3.29. The summed E-state index contributed by atoms with van der Waals surface area (Å²) in [7, 11) is -4.43. The Kier molecular flexibility index (Phi) is 9.21. The fraction of sp³-hybridized carbons (Fsp3) is 0.750. The third-order valence-corrected chi connectivity index (χ3v) is 4.63. The van der Waals surface area contributed by atoms with Crippen LogP contribution in [-0.4, -0.2) is 77.0 Å². The van der Waals surface area contributed by atoms with Crippen LogP contribution < -0.4 is 0 Å². The smallest absolute Gasteiger partial charge is 0.325 e. The maximum Gasteiger partial charge on any atom is 0.325 e. The first-order chi connectivity index (χ1) is 13.3. The molecule has 0 spiro atoms. The lowest BCUT2D eigenvalue weighted by atomic mass is 9.93. The molecule has 1 heterocycles. The molecule has 166 valence electrons. The molecule has 5 atom stereocenters. The summed E-state index contributed by atoms with van der Waals surface area (Å²) in [5.41, 5.74) is 0. The van der Waals surface area contributed by atoms with Crippen molar-refractivity contribution in [3.8, 4) is 0 Å². The zero-order valence-corrected chi connectivity index (χ0v) is 17.3. The standard InChI is InChI=1S/C16H25O12P/c1-8(17)24-7-13-15(26-10(3)19)16(27-11(4)20)14(25-9(2)18)12(28-13)5-6-29(21,22)23/h12-16H,5-7H2,1-4H3,(H2,21,22,23)/t12-,13-,14+,15+,16-/m1/s1. The second-order valence-corrected chi connectivity index (χ2v) is 8.19. The van der Waals surface area contributed by atoms with E-state index in [-0.39, 0.29) is 6.42 Å². The highest BCUT2D eigenvalue weighted by molar-refractivity contribution is 7.51. The van der Waals surface area contributed by atoms with Gasteiger partial charge in [-0.2, -0.15) is 0 Å². The number of carbonyl (C=O) groups excluding carboxylic acids is 4. The van der Waals surface area contributed by atoms with Crippen molar-refractivity contribution in [1.29, 1.82) is 0 Å². The average molecular weight is 440 g/mol. The minimum absolute atomic E-state index is 0.274. The fourth-order valence-corrected chi connectivity index (χ4v) is 3.44. The summed E-state index contributed by atoms with van der Waals surface area (Å²) in [6.07, 6.45) is -7.13. The number of hydrogen-bond donors (Lipinski definition) is 2. The Morgan fingerprint density at radius 3 is 1.66 bits per heavy atom. The maximum atomic E-state index is 11.6. The Labute approximate surface area is 166 Å². The molecule has 0 saturated carbocycles. The molecule has 0 aliphatic carbocycles. The lowest BCUT2D eigenvalue weighted by Crippen LogP contribution is -2.62. The van der Waals surface area contributed by atoms with Crippen LogP contribution in [0.3, 0.4) is 0 Å². The maximum absolute atomic E-state index is 11.6. The van der Waals surface area contributed by atoms with Crippen LogP contribution in [0.2, 0.25) is 0 Å². The van der Waals surface area contributed by atoms with Crippen molar-refractivity contribution in [2.45, 2.75) is 64.6 Å². The molecular formula is C16H25O12P. The molecule has 0 radical (unpaired) electrons. The lowest BCUT2D eigenvalue weighted by Gasteiger charge is -2.44. The van der Waals surface area contributed by atoms with E-state index in [2.05, 4.69) is 0 Å². The molecule has 0 bridgehead atoms. The molecular weight excluding hydrogens is 415 g/mol. The van der Waals surface area contributed by atoms with Crippen LogP contribution in [0.5, 0.6) is 0 Å². The normalized spacial score (nSPS) is 26.9. The van der Waals surface area contributed by atoms with Crippen molar-refractivity contribution < 1.29 is 57.2 Å². The van der Waals surface area contributed by atoms with Crippen molar-refractivity contribution in [2.75, 3.05) is 12.8 Å². The van der Waals surface area contributed by atoms with Gasteiger partial charge in [-0.15, -0.1) is 0 Å². The van der Waals surface area contributed by atoms with Gasteiger partial charge < -0.3 is 33.5 Å². The van der Waals surface area contributed by atoms with E-state index in [0.29, 0.717) is 0 Å². The van der Waals surface area contributed by atoms with Crippen LogP contribution in [0, 0.1) is 0 Å². The molecule has 0 aromatic rings. The minimum atomic E-state index is -4.43. The Bertz CT molecular complexity index is 671. The molecule has 1 saturated heterocycles. The minimum Gasteiger partial charge on any atom is -0.463 e. The van der Waals surface area contributed by atoms with Gasteiger partial charge in [-0.25, -0.2) is 0 Å². The highest BCUT2D eigenvalue weighted by Gasteiger charge is 2.52. The zero-order chi connectivity index (χ0) is 22.4. The molecule has 29 heavy (non-hydrogen) atoms. The van der Waals surface area contributed by atoms with Gasteiger partial charge in [-0.1, -0.05) is 0 Å². The van der Waals surface area contributed by atoms with Gasteiger partial charge in [0.2, 0.25) is 0 Å². The van der Waals surface area contributed by atoms with E-state index in [0.717, 1.165) is 27.7 Å². The molecule has 12 nitrogen and oxygen atoms in total. The van der Waals surface area contributed by atoms with E-state index < -0.39 is 74.8 Å². The first kappa shape index (κ1) is 25.0. The summed E-state index contributed by atoms with van der Waals surface area (Å²) in [5, 5.41) is 0. The van der Waals surface area contributed by atoms with Gasteiger partial charge in [0.05, 0.1) is 12.3 Å². The Morgan fingerprint density at radius 1 is 0.793 bits per heavy atom. The van der Waals surface area contributed by atoms with Gasteiger partial charge in [-0.3, -0.25) is 23.7 Å². The SMILES string of the molecule is CC(=O)OC[C@H]1O[C@H](CCP(=O)(O)O)[C@H](OC(C)=O)[C@@H](OC(C)=O)[C@H]1OC(C)=O. The Hall–Kier alpha value is -2.01. The number of carbonyl (C=O) groups is 4. The fourth-order valence-electron chi connectivity index (χ4n) is 2.85. The molecule has 0 aromatic carbocycles. The summed E-state index contributed by atoms with van der Waals surface area (Å²) in [6, 6.07) is 0. The van der Waals surface area contributed by atoms with Crippen molar-refractivity contribution in [3.05, 3.63) is 0 Å². The molecule has 1 fully saturated rings. The molecule has 0 unspecified atom stereocenters. The number of esters is 4. The van der Waals surface area contributed by atoms with Gasteiger partial charge in [0, 0.05) is 27.7 Å². The monoisotopic (exact) mass is 440 g/mol. The van der Waals surface area contributed by atoms with Crippen molar-refractivity contribution in [3.63, 3.8) is 0 Å². The van der Waals surface area contributed by atoms with Crippen LogP contribution in [0.15, 0.2) is 0 Å². The first-order valence-electron chi connectivity index (χ1n) is 8.65. The van der Waals surface area contributed by atoms with Gasteiger partial charge in [0.1, 0.15) is 12.7 Å². The van der Waals surface area contributed by atoms with E-state index in [1.165, 1.54) is 0 Å². The zero-order valence-electron chi connectivity index (χ0n) is 16.4. The van der Waals surface area contributed by atoms with Crippen molar-refractivity contribution in [2.24, 2.45) is 0 Å². The third-order valence-electron chi connectivity index (χ3n) is 3.79. The molecule has 2 N–H and O–H groups in total. The van der Waals surface area contributed by atoms with Crippen LogP contribution in [0.1, 0.15) is 34.1 Å². The second kappa shape index (κ2) is 10.7. The quantitative estimate of drug-likeness (QED) is 0.287. The average Bonchev–Trinajstić information content (AvgIpc) is 2.53. The van der Waals surface area contributed by atoms with E-state index in [1.807, 2.05) is 0 Å². The van der Waals surface area contributed by atoms with E-state index >= 15 is 0 Å². The predicted octanol–water partition coefficient (Wildman–Crippen LogP) is -0.320.